The highest BCUT2D eigenvalue weighted by Gasteiger charge is 2.03. The molecule has 0 aliphatic heterocycles. The Balaban J connectivity index is 1.73. The van der Waals surface area contributed by atoms with Gasteiger partial charge in [0, 0.05) is 11.1 Å². The van der Waals surface area contributed by atoms with Crippen LogP contribution < -0.4 is 0 Å². The largest absolute Gasteiger partial charge is 0.0654 e. The molecule has 0 atom stereocenters. The third-order valence-corrected chi connectivity index (χ3v) is 5.15. The Hall–Kier alpha value is -2.78. The molecule has 0 amide bonds. The topological polar surface area (TPSA) is 0 Å². The summed E-state index contributed by atoms with van der Waals surface area (Å²) in [6.45, 7) is 6.62. The minimum absolute atomic E-state index is 1.07. The van der Waals surface area contributed by atoms with Crippen LogP contribution in [0.5, 0.6) is 0 Å². The van der Waals surface area contributed by atoms with Crippen LogP contribution in [0.25, 0.3) is 11.1 Å². The summed E-state index contributed by atoms with van der Waals surface area (Å²) in [5, 5.41) is 0. The molecule has 0 saturated carbocycles. The zero-order chi connectivity index (χ0) is 19.8. The molecule has 0 radical (unpaired) electrons. The minimum atomic E-state index is 1.07. The van der Waals surface area contributed by atoms with Gasteiger partial charge in [0.2, 0.25) is 0 Å². The number of aryl methyl sites for hydroxylation is 3. The van der Waals surface area contributed by atoms with E-state index in [9.17, 15) is 0 Å². The molecule has 0 aromatic heterocycles. The second-order valence-electron chi connectivity index (χ2n) is 7.53. The van der Waals surface area contributed by atoms with Crippen molar-refractivity contribution >= 4 is 0 Å². The van der Waals surface area contributed by atoms with Crippen molar-refractivity contribution in [3.8, 4) is 23.0 Å². The smallest absolute Gasteiger partial charge is 0.0252 e. The van der Waals surface area contributed by atoms with E-state index in [1.807, 2.05) is 0 Å². The van der Waals surface area contributed by atoms with E-state index < -0.39 is 0 Å². The summed E-state index contributed by atoms with van der Waals surface area (Å²) in [5.74, 6) is 6.62. The first kappa shape index (κ1) is 20.0. The molecule has 0 aliphatic rings. The van der Waals surface area contributed by atoms with Crippen LogP contribution in [0.2, 0.25) is 0 Å². The lowest BCUT2D eigenvalue weighted by Gasteiger charge is -2.08. The molecule has 3 aromatic rings. The second-order valence-corrected chi connectivity index (χ2v) is 7.53. The molecule has 0 fully saturated rings. The van der Waals surface area contributed by atoms with Crippen LogP contribution in [0.3, 0.4) is 0 Å². The van der Waals surface area contributed by atoms with Gasteiger partial charge in [0.15, 0.2) is 0 Å². The van der Waals surface area contributed by atoms with Crippen molar-refractivity contribution in [3.63, 3.8) is 0 Å². The van der Waals surface area contributed by atoms with Gasteiger partial charge < -0.3 is 0 Å². The van der Waals surface area contributed by atoms with Gasteiger partial charge in [0.25, 0.3) is 0 Å². The van der Waals surface area contributed by atoms with E-state index in [1.165, 1.54) is 47.1 Å². The highest BCUT2D eigenvalue weighted by molar-refractivity contribution is 5.68. The molecule has 0 N–H and O–H groups in total. The number of hydrogen-bond donors (Lipinski definition) is 0. The van der Waals surface area contributed by atoms with Crippen molar-refractivity contribution in [3.05, 3.63) is 94.5 Å². The van der Waals surface area contributed by atoms with E-state index in [0.717, 1.165) is 24.0 Å². The Morgan fingerprint density at radius 2 is 1.25 bits per heavy atom. The van der Waals surface area contributed by atoms with Crippen molar-refractivity contribution in [1.82, 2.24) is 0 Å². The average Bonchev–Trinajstić information content (AvgIpc) is 2.72. The van der Waals surface area contributed by atoms with Crippen LogP contribution in [0.4, 0.5) is 0 Å². The van der Waals surface area contributed by atoms with Crippen LogP contribution >= 0.6 is 0 Å². The van der Waals surface area contributed by atoms with E-state index in [-0.39, 0.29) is 0 Å². The van der Waals surface area contributed by atoms with Crippen LogP contribution in [-0.4, -0.2) is 0 Å². The highest BCUT2D eigenvalue weighted by Crippen LogP contribution is 2.25. The summed E-state index contributed by atoms with van der Waals surface area (Å²) in [4.78, 5) is 0. The minimum Gasteiger partial charge on any atom is -0.0654 e. The predicted octanol–water partition coefficient (Wildman–Crippen LogP) is 7.36. The SMILES string of the molecule is CCCCc1ccc(C#Cc2ccc(-c3ccc(CCC)cc3)c(C)c2)cc1. The fourth-order valence-electron chi connectivity index (χ4n) is 3.48. The van der Waals surface area contributed by atoms with Crippen LogP contribution in [0.1, 0.15) is 60.9 Å². The Labute approximate surface area is 170 Å². The van der Waals surface area contributed by atoms with Crippen molar-refractivity contribution in [2.45, 2.75) is 52.9 Å². The van der Waals surface area contributed by atoms with Crippen molar-refractivity contribution in [2.75, 3.05) is 0 Å². The average molecular weight is 367 g/mol. The molecule has 0 nitrogen and oxygen atoms in total. The zero-order valence-corrected chi connectivity index (χ0v) is 17.4. The number of unbranched alkanes of at least 4 members (excludes halogenated alkanes) is 1. The monoisotopic (exact) mass is 366 g/mol. The number of benzene rings is 3. The summed E-state index contributed by atoms with van der Waals surface area (Å²) in [5.41, 5.74) is 8.79. The van der Waals surface area contributed by atoms with Crippen LogP contribution in [-0.2, 0) is 12.8 Å². The lowest BCUT2D eigenvalue weighted by molar-refractivity contribution is 0.795. The van der Waals surface area contributed by atoms with E-state index in [2.05, 4.69) is 99.3 Å². The van der Waals surface area contributed by atoms with Crippen LogP contribution in [0.15, 0.2) is 66.7 Å². The molecule has 142 valence electrons. The van der Waals surface area contributed by atoms with E-state index in [0.29, 0.717) is 0 Å². The Morgan fingerprint density at radius 1 is 0.643 bits per heavy atom. The van der Waals surface area contributed by atoms with Gasteiger partial charge in [-0.1, -0.05) is 81.0 Å². The van der Waals surface area contributed by atoms with Crippen molar-refractivity contribution in [2.24, 2.45) is 0 Å². The standard InChI is InChI=1S/C28H30/c1-4-6-8-24-9-11-25(12-10-24)13-14-26-17-20-28(22(3)21-26)27-18-15-23(7-5-2)16-19-27/h9-12,15-21H,4-8H2,1-3H3. The molecule has 0 saturated heterocycles. The molecular formula is C28H30. The normalized spacial score (nSPS) is 10.4. The fraction of sp³-hybridized carbons (Fsp3) is 0.286. The summed E-state index contributed by atoms with van der Waals surface area (Å²) >= 11 is 0. The molecular weight excluding hydrogens is 336 g/mol. The molecule has 28 heavy (non-hydrogen) atoms. The molecule has 3 rings (SSSR count). The Kier molecular flexibility index (Phi) is 7.10. The van der Waals surface area contributed by atoms with Gasteiger partial charge in [-0.2, -0.15) is 0 Å². The molecule has 0 aliphatic carbocycles. The quantitative estimate of drug-likeness (QED) is 0.400. The summed E-state index contributed by atoms with van der Waals surface area (Å²) in [7, 11) is 0. The maximum Gasteiger partial charge on any atom is 0.0252 e. The van der Waals surface area contributed by atoms with Crippen LogP contribution in [0, 0.1) is 18.8 Å². The van der Waals surface area contributed by atoms with E-state index >= 15 is 0 Å². The van der Waals surface area contributed by atoms with Crippen molar-refractivity contribution in [1.29, 1.82) is 0 Å². The third kappa shape index (κ3) is 5.37. The molecule has 0 unspecified atom stereocenters. The summed E-state index contributed by atoms with van der Waals surface area (Å²) in [6.07, 6.45) is 5.97. The maximum absolute atomic E-state index is 3.32. The predicted molar refractivity (Wildman–Crippen MR) is 122 cm³/mol. The molecule has 0 spiro atoms. The first-order chi connectivity index (χ1) is 13.7. The van der Waals surface area contributed by atoms with Gasteiger partial charge in [-0.25, -0.2) is 0 Å². The lowest BCUT2D eigenvalue weighted by atomic mass is 9.97. The van der Waals surface area contributed by atoms with Crippen molar-refractivity contribution < 1.29 is 0 Å². The summed E-state index contributed by atoms with van der Waals surface area (Å²) < 4.78 is 0. The Morgan fingerprint density at radius 3 is 1.89 bits per heavy atom. The Bertz CT molecular complexity index is 948. The third-order valence-electron chi connectivity index (χ3n) is 5.15. The highest BCUT2D eigenvalue weighted by atomic mass is 14.1. The molecule has 0 heterocycles. The lowest BCUT2D eigenvalue weighted by Crippen LogP contribution is -1.88. The maximum atomic E-state index is 3.32. The van der Waals surface area contributed by atoms with Gasteiger partial charge >= 0.3 is 0 Å². The fourth-order valence-corrected chi connectivity index (χ4v) is 3.48. The number of hydrogen-bond acceptors (Lipinski definition) is 0. The first-order valence-corrected chi connectivity index (χ1v) is 10.5. The van der Waals surface area contributed by atoms with E-state index in [4.69, 9.17) is 0 Å². The zero-order valence-electron chi connectivity index (χ0n) is 17.4. The molecule has 3 aromatic carbocycles. The van der Waals surface area contributed by atoms with E-state index in [1.54, 1.807) is 0 Å². The van der Waals surface area contributed by atoms with Gasteiger partial charge in [-0.15, -0.1) is 0 Å². The van der Waals surface area contributed by atoms with Gasteiger partial charge in [-0.05, 0) is 78.3 Å². The van der Waals surface area contributed by atoms with Gasteiger partial charge in [0.1, 0.15) is 0 Å². The number of rotatable bonds is 6. The summed E-state index contributed by atoms with van der Waals surface area (Å²) in [6, 6.07) is 24.2. The molecule has 0 bridgehead atoms. The second kappa shape index (κ2) is 9.95. The first-order valence-electron chi connectivity index (χ1n) is 10.5. The molecule has 0 heteroatoms. The van der Waals surface area contributed by atoms with Gasteiger partial charge in [0.05, 0.1) is 0 Å². The van der Waals surface area contributed by atoms with Gasteiger partial charge in [-0.3, -0.25) is 0 Å².